The molecule has 1 fully saturated rings. The van der Waals surface area contributed by atoms with Gasteiger partial charge in [-0.1, -0.05) is 0 Å². The summed E-state index contributed by atoms with van der Waals surface area (Å²) in [6.07, 6.45) is 3.96. The number of aliphatic hydroxyl groups excluding tert-OH is 1. The monoisotopic (exact) mass is 185 g/mol. The number of aliphatic hydroxyl groups is 1. The molecule has 1 rings (SSSR count). The van der Waals surface area contributed by atoms with Gasteiger partial charge in [-0.2, -0.15) is 0 Å². The molecule has 0 bridgehead atoms. The number of carbonyl (C=O) groups excluding carboxylic acids is 1. The van der Waals surface area contributed by atoms with Crippen LogP contribution in [-0.4, -0.2) is 34.6 Å². The predicted octanol–water partition coefficient (Wildman–Crippen LogP) is 1.16. The number of hydrogen-bond donors (Lipinski definition) is 1. The zero-order valence-corrected chi connectivity index (χ0v) is 8.49. The van der Waals surface area contributed by atoms with E-state index < -0.39 is 0 Å². The van der Waals surface area contributed by atoms with Gasteiger partial charge in [-0.15, -0.1) is 0 Å². The van der Waals surface area contributed by atoms with Crippen LogP contribution in [-0.2, 0) is 4.79 Å². The van der Waals surface area contributed by atoms with Crippen molar-refractivity contribution < 1.29 is 9.90 Å². The second-order valence-corrected chi connectivity index (χ2v) is 3.87. The third-order valence-electron chi connectivity index (χ3n) is 2.84. The van der Waals surface area contributed by atoms with Gasteiger partial charge in [0.15, 0.2) is 0 Å². The highest BCUT2D eigenvalue weighted by atomic mass is 16.3. The first-order chi connectivity index (χ1) is 6.16. The molecule has 13 heavy (non-hydrogen) atoms. The van der Waals surface area contributed by atoms with Crippen molar-refractivity contribution in [1.82, 2.24) is 4.90 Å². The van der Waals surface area contributed by atoms with Gasteiger partial charge in [-0.3, -0.25) is 4.79 Å². The third kappa shape index (κ3) is 2.44. The number of likely N-dealkylation sites (tertiary alicyclic amines) is 1. The minimum atomic E-state index is 0.174. The molecule has 1 amide bonds. The molecule has 3 nitrogen and oxygen atoms in total. The second-order valence-electron chi connectivity index (χ2n) is 3.87. The standard InChI is InChI=1S/C10H19NO2/c1-8-5-6-10(4-3-7-12)11(8)9(2)13/h8,10,12H,3-7H2,1-2H3/t8-,10+/m0/s1. The molecule has 0 radical (unpaired) electrons. The molecule has 0 aliphatic carbocycles. The van der Waals surface area contributed by atoms with Crippen molar-refractivity contribution in [2.24, 2.45) is 0 Å². The summed E-state index contributed by atoms with van der Waals surface area (Å²) < 4.78 is 0. The number of carbonyl (C=O) groups is 1. The van der Waals surface area contributed by atoms with Crippen LogP contribution in [0.5, 0.6) is 0 Å². The fourth-order valence-corrected chi connectivity index (χ4v) is 2.25. The first-order valence-electron chi connectivity index (χ1n) is 5.06. The Kier molecular flexibility index (Phi) is 3.72. The summed E-state index contributed by atoms with van der Waals surface area (Å²) in [7, 11) is 0. The normalized spacial score (nSPS) is 28.1. The number of amides is 1. The maximum absolute atomic E-state index is 11.3. The molecule has 0 saturated carbocycles. The summed E-state index contributed by atoms with van der Waals surface area (Å²) in [6, 6.07) is 0.765. The maximum atomic E-state index is 11.3. The molecule has 2 atom stereocenters. The molecule has 0 aromatic rings. The van der Waals surface area contributed by atoms with E-state index >= 15 is 0 Å². The molecule has 1 heterocycles. The zero-order chi connectivity index (χ0) is 9.84. The van der Waals surface area contributed by atoms with E-state index in [0.717, 1.165) is 25.7 Å². The average molecular weight is 185 g/mol. The van der Waals surface area contributed by atoms with Crippen molar-refractivity contribution in [3.63, 3.8) is 0 Å². The van der Waals surface area contributed by atoms with Gasteiger partial charge in [0.2, 0.25) is 5.91 Å². The Bertz CT molecular complexity index is 182. The van der Waals surface area contributed by atoms with Crippen LogP contribution in [0.15, 0.2) is 0 Å². The van der Waals surface area contributed by atoms with Gasteiger partial charge in [0.05, 0.1) is 0 Å². The Labute approximate surface area is 79.7 Å². The number of hydrogen-bond acceptors (Lipinski definition) is 2. The zero-order valence-electron chi connectivity index (χ0n) is 8.49. The van der Waals surface area contributed by atoms with Gasteiger partial charge in [0, 0.05) is 25.6 Å². The van der Waals surface area contributed by atoms with Gasteiger partial charge >= 0.3 is 0 Å². The Balaban J connectivity index is 2.49. The molecule has 0 unspecified atom stereocenters. The molecule has 76 valence electrons. The summed E-state index contributed by atoms with van der Waals surface area (Å²) in [5.74, 6) is 0.174. The molecular formula is C10H19NO2. The SMILES string of the molecule is CC(=O)N1[C@H](CCCO)CC[C@@H]1C. The van der Waals surface area contributed by atoms with Crippen molar-refractivity contribution in [2.45, 2.75) is 51.6 Å². The molecule has 0 spiro atoms. The van der Waals surface area contributed by atoms with E-state index in [1.54, 1.807) is 6.92 Å². The van der Waals surface area contributed by atoms with E-state index in [1.165, 1.54) is 0 Å². The summed E-state index contributed by atoms with van der Waals surface area (Å²) in [5, 5.41) is 8.71. The average Bonchev–Trinajstić information content (AvgIpc) is 2.43. The van der Waals surface area contributed by atoms with Gasteiger partial charge < -0.3 is 10.0 Å². The van der Waals surface area contributed by atoms with E-state index in [4.69, 9.17) is 5.11 Å². The van der Waals surface area contributed by atoms with Crippen LogP contribution in [0, 0.1) is 0 Å². The lowest BCUT2D eigenvalue weighted by Crippen LogP contribution is -2.38. The topological polar surface area (TPSA) is 40.5 Å². The maximum Gasteiger partial charge on any atom is 0.219 e. The summed E-state index contributed by atoms with van der Waals surface area (Å²) in [6.45, 7) is 3.96. The van der Waals surface area contributed by atoms with Gasteiger partial charge in [0.1, 0.15) is 0 Å². The van der Waals surface area contributed by atoms with E-state index in [1.807, 2.05) is 4.90 Å². The molecule has 3 heteroatoms. The lowest BCUT2D eigenvalue weighted by atomic mass is 10.1. The Hall–Kier alpha value is -0.570. The van der Waals surface area contributed by atoms with Crippen LogP contribution in [0.3, 0.4) is 0 Å². The van der Waals surface area contributed by atoms with Crippen LogP contribution in [0.1, 0.15) is 39.5 Å². The highest BCUT2D eigenvalue weighted by Crippen LogP contribution is 2.26. The molecule has 0 aromatic heterocycles. The summed E-state index contributed by atoms with van der Waals surface area (Å²) >= 11 is 0. The Morgan fingerprint density at radius 1 is 1.54 bits per heavy atom. The van der Waals surface area contributed by atoms with Crippen LogP contribution < -0.4 is 0 Å². The first kappa shape index (κ1) is 10.5. The minimum absolute atomic E-state index is 0.174. The molecule has 1 N–H and O–H groups in total. The van der Waals surface area contributed by atoms with Crippen molar-refractivity contribution in [3.05, 3.63) is 0 Å². The summed E-state index contributed by atoms with van der Waals surface area (Å²) in [4.78, 5) is 13.3. The van der Waals surface area contributed by atoms with Crippen LogP contribution in [0.2, 0.25) is 0 Å². The van der Waals surface area contributed by atoms with E-state index in [9.17, 15) is 4.79 Å². The highest BCUT2D eigenvalue weighted by molar-refractivity contribution is 5.74. The first-order valence-corrected chi connectivity index (χ1v) is 5.06. The van der Waals surface area contributed by atoms with E-state index in [2.05, 4.69) is 6.92 Å². The van der Waals surface area contributed by atoms with Crippen LogP contribution in [0.4, 0.5) is 0 Å². The van der Waals surface area contributed by atoms with Crippen LogP contribution >= 0.6 is 0 Å². The van der Waals surface area contributed by atoms with E-state index in [-0.39, 0.29) is 12.5 Å². The van der Waals surface area contributed by atoms with E-state index in [0.29, 0.717) is 12.1 Å². The fraction of sp³-hybridized carbons (Fsp3) is 0.900. The van der Waals surface area contributed by atoms with Gasteiger partial charge in [-0.05, 0) is 32.6 Å². The lowest BCUT2D eigenvalue weighted by Gasteiger charge is -2.27. The molecular weight excluding hydrogens is 166 g/mol. The largest absolute Gasteiger partial charge is 0.396 e. The van der Waals surface area contributed by atoms with Crippen molar-refractivity contribution >= 4 is 5.91 Å². The minimum Gasteiger partial charge on any atom is -0.396 e. The molecule has 1 aliphatic heterocycles. The third-order valence-corrected chi connectivity index (χ3v) is 2.84. The Morgan fingerprint density at radius 2 is 2.23 bits per heavy atom. The molecule has 1 aliphatic rings. The number of rotatable bonds is 3. The predicted molar refractivity (Wildman–Crippen MR) is 51.3 cm³/mol. The summed E-state index contributed by atoms with van der Waals surface area (Å²) in [5.41, 5.74) is 0. The van der Waals surface area contributed by atoms with Crippen molar-refractivity contribution in [2.75, 3.05) is 6.61 Å². The van der Waals surface area contributed by atoms with Crippen LogP contribution in [0.25, 0.3) is 0 Å². The number of nitrogens with zero attached hydrogens (tertiary/aromatic N) is 1. The van der Waals surface area contributed by atoms with Crippen molar-refractivity contribution in [3.8, 4) is 0 Å². The molecule has 0 aromatic carbocycles. The quantitative estimate of drug-likeness (QED) is 0.716. The van der Waals surface area contributed by atoms with Gasteiger partial charge in [0.25, 0.3) is 0 Å². The second kappa shape index (κ2) is 4.61. The molecule has 1 saturated heterocycles. The lowest BCUT2D eigenvalue weighted by molar-refractivity contribution is -0.131. The smallest absolute Gasteiger partial charge is 0.219 e. The van der Waals surface area contributed by atoms with Crippen molar-refractivity contribution in [1.29, 1.82) is 0 Å². The van der Waals surface area contributed by atoms with Gasteiger partial charge in [-0.25, -0.2) is 0 Å². The highest BCUT2D eigenvalue weighted by Gasteiger charge is 2.31. The fourth-order valence-electron chi connectivity index (χ4n) is 2.25. The Morgan fingerprint density at radius 3 is 2.77 bits per heavy atom.